The molecule has 96 valence electrons. The van der Waals surface area contributed by atoms with Crippen LogP contribution in [0.25, 0.3) is 0 Å². The first-order valence-electron chi connectivity index (χ1n) is 5.72. The average molecular weight is 248 g/mol. The summed E-state index contributed by atoms with van der Waals surface area (Å²) in [6, 6.07) is 0. The van der Waals surface area contributed by atoms with Crippen molar-refractivity contribution in [3.63, 3.8) is 0 Å². The summed E-state index contributed by atoms with van der Waals surface area (Å²) in [6.45, 7) is 0.176. The van der Waals surface area contributed by atoms with Gasteiger partial charge in [0.25, 0.3) is 0 Å². The minimum Gasteiger partial charge on any atom is -0.444 e. The Bertz CT molecular complexity index is 375. The highest BCUT2D eigenvalue weighted by molar-refractivity contribution is 5.04. The summed E-state index contributed by atoms with van der Waals surface area (Å²) < 4.78 is 43.2. The number of hydrogen-bond donors (Lipinski definition) is 1. The molecule has 2 rings (SSSR count). The number of alkyl halides is 3. The summed E-state index contributed by atoms with van der Waals surface area (Å²) in [7, 11) is 0. The summed E-state index contributed by atoms with van der Waals surface area (Å²) >= 11 is 0. The molecule has 1 aromatic heterocycles. The molecule has 1 aliphatic rings. The van der Waals surface area contributed by atoms with Crippen LogP contribution >= 0.6 is 0 Å². The summed E-state index contributed by atoms with van der Waals surface area (Å²) in [5, 5.41) is 0. The van der Waals surface area contributed by atoms with Gasteiger partial charge in [-0.15, -0.1) is 0 Å². The van der Waals surface area contributed by atoms with Crippen molar-refractivity contribution in [1.29, 1.82) is 0 Å². The van der Waals surface area contributed by atoms with E-state index in [0.29, 0.717) is 18.1 Å². The number of halogens is 3. The second-order valence-corrected chi connectivity index (χ2v) is 4.46. The van der Waals surface area contributed by atoms with E-state index in [-0.39, 0.29) is 25.3 Å². The largest absolute Gasteiger partial charge is 0.444 e. The molecule has 0 amide bonds. The fraction of sp³-hybridized carbons (Fsp3) is 0.727. The molecule has 0 aliphatic heterocycles. The molecule has 0 spiro atoms. The van der Waals surface area contributed by atoms with Crippen molar-refractivity contribution in [2.45, 2.75) is 44.3 Å². The number of nitrogens with two attached hydrogens (primary N) is 1. The summed E-state index contributed by atoms with van der Waals surface area (Å²) in [5.74, 6) is -0.468. The lowest BCUT2D eigenvalue weighted by Gasteiger charge is -2.29. The van der Waals surface area contributed by atoms with Crippen molar-refractivity contribution in [2.75, 3.05) is 0 Å². The fourth-order valence-electron chi connectivity index (χ4n) is 2.35. The fourth-order valence-corrected chi connectivity index (χ4v) is 2.35. The van der Waals surface area contributed by atoms with Crippen molar-refractivity contribution >= 4 is 0 Å². The molecule has 17 heavy (non-hydrogen) atoms. The molecule has 1 aromatic rings. The quantitative estimate of drug-likeness (QED) is 0.875. The SMILES string of the molecule is NCc1ncc(C2CCCC(C(F)(F)F)C2)o1. The van der Waals surface area contributed by atoms with Crippen LogP contribution in [0, 0.1) is 5.92 Å². The van der Waals surface area contributed by atoms with Gasteiger partial charge >= 0.3 is 6.18 Å². The van der Waals surface area contributed by atoms with E-state index >= 15 is 0 Å². The molecule has 0 saturated heterocycles. The lowest BCUT2D eigenvalue weighted by Crippen LogP contribution is -2.27. The number of rotatable bonds is 2. The van der Waals surface area contributed by atoms with Crippen LogP contribution in [0.1, 0.15) is 43.3 Å². The molecular weight excluding hydrogens is 233 g/mol. The summed E-state index contributed by atoms with van der Waals surface area (Å²) in [4.78, 5) is 3.92. The van der Waals surface area contributed by atoms with Crippen LogP contribution in [0.15, 0.2) is 10.6 Å². The van der Waals surface area contributed by atoms with Gasteiger partial charge in [0.2, 0.25) is 5.89 Å². The lowest BCUT2D eigenvalue weighted by atomic mass is 9.80. The van der Waals surface area contributed by atoms with E-state index in [4.69, 9.17) is 10.2 Å². The minimum atomic E-state index is -4.10. The van der Waals surface area contributed by atoms with Gasteiger partial charge in [-0.25, -0.2) is 4.98 Å². The number of hydrogen-bond acceptors (Lipinski definition) is 3. The van der Waals surface area contributed by atoms with Gasteiger partial charge < -0.3 is 10.2 Å². The Kier molecular flexibility index (Phi) is 3.42. The van der Waals surface area contributed by atoms with Crippen LogP contribution < -0.4 is 5.73 Å². The predicted molar refractivity (Wildman–Crippen MR) is 55.1 cm³/mol. The lowest BCUT2D eigenvalue weighted by molar-refractivity contribution is -0.183. The van der Waals surface area contributed by atoms with Crippen molar-refractivity contribution in [3.05, 3.63) is 17.8 Å². The predicted octanol–water partition coefficient (Wildman–Crippen LogP) is 2.97. The van der Waals surface area contributed by atoms with E-state index in [1.54, 1.807) is 0 Å². The van der Waals surface area contributed by atoms with Crippen molar-refractivity contribution in [1.82, 2.24) is 4.98 Å². The number of aromatic nitrogens is 1. The first-order chi connectivity index (χ1) is 8.00. The Balaban J connectivity index is 2.06. The van der Waals surface area contributed by atoms with E-state index in [2.05, 4.69) is 4.98 Å². The van der Waals surface area contributed by atoms with E-state index in [9.17, 15) is 13.2 Å². The highest BCUT2D eigenvalue weighted by Gasteiger charge is 2.43. The zero-order chi connectivity index (χ0) is 12.5. The van der Waals surface area contributed by atoms with Gasteiger partial charge in [0.05, 0.1) is 18.7 Å². The van der Waals surface area contributed by atoms with E-state index < -0.39 is 12.1 Å². The van der Waals surface area contributed by atoms with Crippen LogP contribution in [-0.2, 0) is 6.54 Å². The van der Waals surface area contributed by atoms with Crippen LogP contribution in [0.3, 0.4) is 0 Å². The molecule has 1 saturated carbocycles. The molecule has 1 aliphatic carbocycles. The monoisotopic (exact) mass is 248 g/mol. The van der Waals surface area contributed by atoms with Crippen LogP contribution in [0.2, 0.25) is 0 Å². The van der Waals surface area contributed by atoms with Crippen LogP contribution in [-0.4, -0.2) is 11.2 Å². The number of oxazole rings is 1. The molecule has 2 unspecified atom stereocenters. The molecule has 6 heteroatoms. The molecule has 1 heterocycles. The Morgan fingerprint density at radius 1 is 1.41 bits per heavy atom. The third-order valence-electron chi connectivity index (χ3n) is 3.29. The topological polar surface area (TPSA) is 52.0 Å². The van der Waals surface area contributed by atoms with Gasteiger partial charge in [0.15, 0.2) is 0 Å². The smallest absolute Gasteiger partial charge is 0.391 e. The summed E-state index contributed by atoms with van der Waals surface area (Å²) in [6.07, 6.45) is -0.971. The first-order valence-corrected chi connectivity index (χ1v) is 5.72. The second kappa shape index (κ2) is 4.68. The van der Waals surface area contributed by atoms with E-state index in [1.165, 1.54) is 6.20 Å². The van der Waals surface area contributed by atoms with Gasteiger partial charge in [-0.1, -0.05) is 6.42 Å². The Morgan fingerprint density at radius 2 is 2.18 bits per heavy atom. The second-order valence-electron chi connectivity index (χ2n) is 4.46. The highest BCUT2D eigenvalue weighted by Crippen LogP contribution is 2.43. The average Bonchev–Trinajstić information content (AvgIpc) is 2.76. The van der Waals surface area contributed by atoms with Crippen molar-refractivity contribution in [3.8, 4) is 0 Å². The molecule has 3 nitrogen and oxygen atoms in total. The number of nitrogens with zero attached hydrogens (tertiary/aromatic N) is 1. The molecule has 0 bridgehead atoms. The maximum absolute atomic E-state index is 12.6. The van der Waals surface area contributed by atoms with Gasteiger partial charge in [-0.05, 0) is 19.3 Å². The van der Waals surface area contributed by atoms with Crippen molar-refractivity contribution in [2.24, 2.45) is 11.7 Å². The van der Waals surface area contributed by atoms with E-state index in [0.717, 1.165) is 6.42 Å². The van der Waals surface area contributed by atoms with Gasteiger partial charge in [0.1, 0.15) is 5.76 Å². The zero-order valence-electron chi connectivity index (χ0n) is 9.33. The molecule has 0 radical (unpaired) electrons. The molecule has 1 fully saturated rings. The zero-order valence-corrected chi connectivity index (χ0v) is 9.33. The van der Waals surface area contributed by atoms with Gasteiger partial charge in [-0.3, -0.25) is 0 Å². The Morgan fingerprint density at radius 3 is 2.76 bits per heavy atom. The molecular formula is C11H15F3N2O. The highest BCUT2D eigenvalue weighted by atomic mass is 19.4. The van der Waals surface area contributed by atoms with Gasteiger partial charge in [-0.2, -0.15) is 13.2 Å². The molecule has 2 atom stereocenters. The Hall–Kier alpha value is -1.04. The standard InChI is InChI=1S/C11H15F3N2O/c12-11(13,14)8-3-1-2-7(4-8)9-6-16-10(5-15)17-9/h6-8H,1-5,15H2. The summed E-state index contributed by atoms with van der Waals surface area (Å²) in [5.41, 5.74) is 5.35. The maximum atomic E-state index is 12.6. The first kappa shape index (κ1) is 12.4. The van der Waals surface area contributed by atoms with Gasteiger partial charge in [0, 0.05) is 5.92 Å². The van der Waals surface area contributed by atoms with E-state index in [1.807, 2.05) is 0 Å². The Labute approximate surface area is 97.2 Å². The minimum absolute atomic E-state index is 0.0999. The third kappa shape index (κ3) is 2.80. The third-order valence-corrected chi connectivity index (χ3v) is 3.29. The van der Waals surface area contributed by atoms with Crippen LogP contribution in [0.5, 0.6) is 0 Å². The normalized spacial score (nSPS) is 26.1. The molecule has 2 N–H and O–H groups in total. The maximum Gasteiger partial charge on any atom is 0.391 e. The van der Waals surface area contributed by atoms with Crippen molar-refractivity contribution < 1.29 is 17.6 Å². The molecule has 0 aromatic carbocycles. The van der Waals surface area contributed by atoms with Crippen LogP contribution in [0.4, 0.5) is 13.2 Å².